The minimum atomic E-state index is 0.00866. The Morgan fingerprint density at radius 1 is 1.35 bits per heavy atom. The number of carbonyl (C=O) groups excluding carboxylic acids is 1. The normalized spacial score (nSPS) is 16.8. The molecule has 2 nitrogen and oxygen atoms in total. The Labute approximate surface area is 103 Å². The summed E-state index contributed by atoms with van der Waals surface area (Å²) in [5.74, 6) is 1.12. The molecule has 0 spiro atoms. The van der Waals surface area contributed by atoms with Crippen LogP contribution in [0.15, 0.2) is 24.3 Å². The van der Waals surface area contributed by atoms with Crippen molar-refractivity contribution in [1.82, 2.24) is 5.32 Å². The lowest BCUT2D eigenvalue weighted by Crippen LogP contribution is -2.27. The molecule has 1 aliphatic carbocycles. The fourth-order valence-electron chi connectivity index (χ4n) is 2.05. The molecule has 1 aromatic rings. The molecule has 0 saturated heterocycles. The second-order valence-electron chi connectivity index (χ2n) is 5.18. The second kappa shape index (κ2) is 5.46. The Kier molecular flexibility index (Phi) is 3.95. The van der Waals surface area contributed by atoms with Gasteiger partial charge in [-0.1, -0.05) is 29.8 Å². The minimum absolute atomic E-state index is 0.00866. The van der Waals surface area contributed by atoms with Crippen LogP contribution < -0.4 is 5.32 Å². The summed E-state index contributed by atoms with van der Waals surface area (Å²) >= 11 is 0. The van der Waals surface area contributed by atoms with Gasteiger partial charge in [-0.2, -0.15) is 0 Å². The fraction of sp³-hybridized carbons (Fsp3) is 0.533. The first-order valence-electron chi connectivity index (χ1n) is 6.44. The van der Waals surface area contributed by atoms with E-state index >= 15 is 0 Å². The maximum atomic E-state index is 11.7. The molecular formula is C15H21NO. The van der Waals surface area contributed by atoms with E-state index in [1.54, 1.807) is 6.92 Å². The van der Waals surface area contributed by atoms with Crippen molar-refractivity contribution < 1.29 is 4.79 Å². The number of nitrogens with one attached hydrogen (secondary N) is 1. The maximum absolute atomic E-state index is 11.7. The van der Waals surface area contributed by atoms with E-state index in [4.69, 9.17) is 0 Å². The van der Waals surface area contributed by atoms with Crippen molar-refractivity contribution >= 4 is 5.78 Å². The van der Waals surface area contributed by atoms with Gasteiger partial charge in [-0.25, -0.2) is 0 Å². The zero-order chi connectivity index (χ0) is 12.3. The number of carbonyl (C=O) groups is 1. The highest BCUT2D eigenvalue weighted by molar-refractivity contribution is 5.83. The quantitative estimate of drug-likeness (QED) is 0.815. The van der Waals surface area contributed by atoms with Crippen LogP contribution in [0.3, 0.4) is 0 Å². The topological polar surface area (TPSA) is 29.1 Å². The van der Waals surface area contributed by atoms with Crippen LogP contribution in [0.5, 0.6) is 0 Å². The SMILES string of the molecule is CC(=O)C(CNCC1CC1)c1ccc(C)cc1. The van der Waals surface area contributed by atoms with E-state index in [1.165, 1.54) is 18.4 Å². The van der Waals surface area contributed by atoms with Gasteiger partial charge in [-0.3, -0.25) is 4.79 Å². The number of hydrogen-bond acceptors (Lipinski definition) is 2. The van der Waals surface area contributed by atoms with Crippen molar-refractivity contribution in [1.29, 1.82) is 0 Å². The van der Waals surface area contributed by atoms with Crippen LogP contribution in [0, 0.1) is 12.8 Å². The molecular weight excluding hydrogens is 210 g/mol. The van der Waals surface area contributed by atoms with Crippen LogP contribution in [0.2, 0.25) is 0 Å². The number of hydrogen-bond donors (Lipinski definition) is 1. The molecule has 0 radical (unpaired) electrons. The first kappa shape index (κ1) is 12.3. The van der Waals surface area contributed by atoms with Crippen LogP contribution in [0.1, 0.15) is 36.8 Å². The molecule has 92 valence electrons. The summed E-state index contributed by atoms with van der Waals surface area (Å²) in [4.78, 5) is 11.7. The van der Waals surface area contributed by atoms with E-state index in [0.29, 0.717) is 0 Å². The monoisotopic (exact) mass is 231 g/mol. The Balaban J connectivity index is 1.95. The molecule has 1 fully saturated rings. The molecule has 0 aromatic heterocycles. The molecule has 17 heavy (non-hydrogen) atoms. The van der Waals surface area contributed by atoms with Crippen molar-refractivity contribution in [2.75, 3.05) is 13.1 Å². The molecule has 2 heteroatoms. The van der Waals surface area contributed by atoms with Gasteiger partial charge in [0.1, 0.15) is 5.78 Å². The molecule has 0 amide bonds. The number of ketones is 1. The lowest BCUT2D eigenvalue weighted by molar-refractivity contribution is -0.118. The molecule has 1 saturated carbocycles. The summed E-state index contributed by atoms with van der Waals surface area (Å²) in [5.41, 5.74) is 2.37. The third-order valence-electron chi connectivity index (χ3n) is 3.45. The number of rotatable bonds is 6. The van der Waals surface area contributed by atoms with E-state index in [-0.39, 0.29) is 11.7 Å². The van der Waals surface area contributed by atoms with Crippen LogP contribution in [0.25, 0.3) is 0 Å². The van der Waals surface area contributed by atoms with E-state index in [2.05, 4.69) is 36.5 Å². The summed E-state index contributed by atoms with van der Waals surface area (Å²) in [6.07, 6.45) is 2.70. The largest absolute Gasteiger partial charge is 0.315 e. The Bertz CT molecular complexity index is 378. The maximum Gasteiger partial charge on any atom is 0.138 e. The molecule has 1 N–H and O–H groups in total. The van der Waals surface area contributed by atoms with Crippen molar-refractivity contribution in [2.45, 2.75) is 32.6 Å². The lowest BCUT2D eigenvalue weighted by atomic mass is 9.94. The molecule has 1 aromatic carbocycles. The Hall–Kier alpha value is -1.15. The van der Waals surface area contributed by atoms with Gasteiger partial charge in [0.15, 0.2) is 0 Å². The van der Waals surface area contributed by atoms with Gasteiger partial charge in [0.2, 0.25) is 0 Å². The van der Waals surface area contributed by atoms with E-state index in [1.807, 2.05) is 0 Å². The van der Waals surface area contributed by atoms with Crippen molar-refractivity contribution in [2.24, 2.45) is 5.92 Å². The Morgan fingerprint density at radius 2 is 2.00 bits per heavy atom. The second-order valence-corrected chi connectivity index (χ2v) is 5.18. The highest BCUT2D eigenvalue weighted by Gasteiger charge is 2.22. The smallest absolute Gasteiger partial charge is 0.138 e. The van der Waals surface area contributed by atoms with Crippen LogP contribution in [-0.4, -0.2) is 18.9 Å². The molecule has 2 rings (SSSR count). The zero-order valence-corrected chi connectivity index (χ0v) is 10.7. The first-order valence-corrected chi connectivity index (χ1v) is 6.44. The molecule has 1 aliphatic rings. The average molecular weight is 231 g/mol. The Morgan fingerprint density at radius 3 is 2.53 bits per heavy atom. The molecule has 0 aliphatic heterocycles. The third-order valence-corrected chi connectivity index (χ3v) is 3.45. The van der Waals surface area contributed by atoms with E-state index < -0.39 is 0 Å². The van der Waals surface area contributed by atoms with E-state index in [9.17, 15) is 4.79 Å². The zero-order valence-electron chi connectivity index (χ0n) is 10.7. The molecule has 0 heterocycles. The van der Waals surface area contributed by atoms with Gasteiger partial charge in [0.05, 0.1) is 5.92 Å². The summed E-state index contributed by atoms with van der Waals surface area (Å²) < 4.78 is 0. The van der Waals surface area contributed by atoms with Gasteiger partial charge in [0.25, 0.3) is 0 Å². The summed E-state index contributed by atoms with van der Waals surface area (Å²) in [5, 5.41) is 3.42. The standard InChI is InChI=1S/C15H21NO/c1-11-3-7-14(8-4-11)15(12(2)17)10-16-9-13-5-6-13/h3-4,7-8,13,15-16H,5-6,9-10H2,1-2H3. The predicted molar refractivity (Wildman–Crippen MR) is 70.2 cm³/mol. The van der Waals surface area contributed by atoms with Crippen molar-refractivity contribution in [3.63, 3.8) is 0 Å². The predicted octanol–water partition coefficient (Wildman–Crippen LogP) is 2.67. The lowest BCUT2D eigenvalue weighted by Gasteiger charge is -2.15. The van der Waals surface area contributed by atoms with Crippen molar-refractivity contribution in [3.05, 3.63) is 35.4 Å². The van der Waals surface area contributed by atoms with Crippen LogP contribution >= 0.6 is 0 Å². The van der Waals surface area contributed by atoms with Gasteiger partial charge in [0, 0.05) is 6.54 Å². The van der Waals surface area contributed by atoms with Gasteiger partial charge < -0.3 is 5.32 Å². The van der Waals surface area contributed by atoms with Gasteiger partial charge in [-0.15, -0.1) is 0 Å². The highest BCUT2D eigenvalue weighted by atomic mass is 16.1. The van der Waals surface area contributed by atoms with Gasteiger partial charge in [-0.05, 0) is 44.7 Å². The van der Waals surface area contributed by atoms with Gasteiger partial charge >= 0.3 is 0 Å². The number of Topliss-reactive ketones (excluding diaryl/α,β-unsaturated/α-hetero) is 1. The van der Waals surface area contributed by atoms with Crippen LogP contribution in [0.4, 0.5) is 0 Å². The fourth-order valence-corrected chi connectivity index (χ4v) is 2.05. The summed E-state index contributed by atoms with van der Waals surface area (Å²) in [6, 6.07) is 8.29. The first-order chi connectivity index (χ1) is 8.16. The van der Waals surface area contributed by atoms with Crippen molar-refractivity contribution in [3.8, 4) is 0 Å². The molecule has 0 bridgehead atoms. The highest BCUT2D eigenvalue weighted by Crippen LogP contribution is 2.27. The summed E-state index contributed by atoms with van der Waals surface area (Å²) in [6.45, 7) is 5.59. The summed E-state index contributed by atoms with van der Waals surface area (Å²) in [7, 11) is 0. The van der Waals surface area contributed by atoms with Crippen LogP contribution in [-0.2, 0) is 4.79 Å². The average Bonchev–Trinajstić information content (AvgIpc) is 3.09. The number of benzene rings is 1. The van der Waals surface area contributed by atoms with E-state index in [0.717, 1.165) is 24.6 Å². The minimum Gasteiger partial charge on any atom is -0.315 e. The molecule has 1 unspecified atom stereocenters. The molecule has 1 atom stereocenters. The third kappa shape index (κ3) is 3.67. The number of aryl methyl sites for hydroxylation is 1.